The molecule has 3 rings (SSSR count). The highest BCUT2D eigenvalue weighted by atomic mass is 79.9. The molecule has 1 N–H and O–H groups in total. The number of nitrogens with one attached hydrogen (secondary N) is 1. The third kappa shape index (κ3) is 3.27. The number of halogens is 1. The van der Waals surface area contributed by atoms with Gasteiger partial charge < -0.3 is 10.1 Å². The van der Waals surface area contributed by atoms with Gasteiger partial charge in [-0.05, 0) is 53.4 Å². The second-order valence-corrected chi connectivity index (χ2v) is 7.45. The van der Waals surface area contributed by atoms with E-state index in [1.807, 2.05) is 0 Å². The highest BCUT2D eigenvalue weighted by molar-refractivity contribution is 9.10. The molecule has 1 saturated heterocycles. The van der Waals surface area contributed by atoms with Crippen molar-refractivity contribution in [3.05, 3.63) is 28.2 Å². The Morgan fingerprint density at radius 2 is 2.14 bits per heavy atom. The van der Waals surface area contributed by atoms with Crippen molar-refractivity contribution in [1.29, 1.82) is 0 Å². The zero-order valence-corrected chi connectivity index (χ0v) is 14.6. The lowest BCUT2D eigenvalue weighted by molar-refractivity contribution is 0.0826. The lowest BCUT2D eigenvalue weighted by Gasteiger charge is -2.45. The van der Waals surface area contributed by atoms with Crippen LogP contribution < -0.4 is 10.1 Å². The monoisotopic (exact) mass is 352 g/mol. The van der Waals surface area contributed by atoms with Crippen LogP contribution in [0.2, 0.25) is 0 Å². The Hall–Kier alpha value is -0.580. The highest BCUT2D eigenvalue weighted by Gasteiger charge is 2.39. The molecule has 1 heterocycles. The summed E-state index contributed by atoms with van der Waals surface area (Å²) in [5, 5.41) is 3.82. The molecule has 116 valence electrons. The van der Waals surface area contributed by atoms with Crippen LogP contribution >= 0.6 is 15.9 Å². The second kappa shape index (κ2) is 6.27. The minimum absolute atomic E-state index is 0.385. The van der Waals surface area contributed by atoms with E-state index in [4.69, 9.17) is 4.74 Å². The Balaban J connectivity index is 1.71. The zero-order chi connectivity index (χ0) is 14.9. The lowest BCUT2D eigenvalue weighted by atomic mass is 9.92. The van der Waals surface area contributed by atoms with E-state index in [2.05, 4.69) is 51.3 Å². The lowest BCUT2D eigenvalue weighted by Crippen LogP contribution is -2.62. The average Bonchev–Trinajstić information content (AvgIpc) is 2.92. The van der Waals surface area contributed by atoms with Gasteiger partial charge in [-0.3, -0.25) is 4.90 Å². The summed E-state index contributed by atoms with van der Waals surface area (Å²) < 4.78 is 6.36. The molecule has 0 aromatic heterocycles. The molecule has 1 saturated carbocycles. The fraction of sp³-hybridized carbons (Fsp3) is 0.647. The van der Waals surface area contributed by atoms with E-state index >= 15 is 0 Å². The van der Waals surface area contributed by atoms with Crippen molar-refractivity contribution in [2.24, 2.45) is 0 Å². The molecule has 21 heavy (non-hydrogen) atoms. The summed E-state index contributed by atoms with van der Waals surface area (Å²) in [5.74, 6) is 0.902. The molecule has 2 fully saturated rings. The fourth-order valence-electron chi connectivity index (χ4n) is 3.73. The molecule has 3 nitrogen and oxygen atoms in total. The predicted octanol–water partition coefficient (Wildman–Crippen LogP) is 3.56. The quantitative estimate of drug-likeness (QED) is 0.899. The normalized spacial score (nSPS) is 25.4. The Bertz CT molecular complexity index is 500. The first-order valence-electron chi connectivity index (χ1n) is 7.93. The number of piperazine rings is 1. The Morgan fingerprint density at radius 1 is 1.38 bits per heavy atom. The van der Waals surface area contributed by atoms with Crippen LogP contribution in [0.5, 0.6) is 5.75 Å². The van der Waals surface area contributed by atoms with Gasteiger partial charge in [-0.15, -0.1) is 0 Å². The van der Waals surface area contributed by atoms with Crippen molar-refractivity contribution in [2.75, 3.05) is 20.2 Å². The fourth-order valence-corrected chi connectivity index (χ4v) is 4.32. The summed E-state index contributed by atoms with van der Waals surface area (Å²) in [6.07, 6.45) is 5.43. The number of hydrogen-bond donors (Lipinski definition) is 1. The summed E-state index contributed by atoms with van der Waals surface area (Å²) in [5.41, 5.74) is 1.74. The van der Waals surface area contributed by atoms with E-state index in [1.54, 1.807) is 7.11 Å². The highest BCUT2D eigenvalue weighted by Crippen LogP contribution is 2.34. The number of hydrogen-bond acceptors (Lipinski definition) is 3. The Kier molecular flexibility index (Phi) is 4.57. The maximum atomic E-state index is 5.32. The smallest absolute Gasteiger partial charge is 0.133 e. The molecule has 1 aliphatic heterocycles. The minimum atomic E-state index is 0.385. The van der Waals surface area contributed by atoms with Crippen molar-refractivity contribution >= 4 is 15.9 Å². The van der Waals surface area contributed by atoms with E-state index in [1.165, 1.54) is 37.8 Å². The van der Waals surface area contributed by atoms with E-state index < -0.39 is 0 Å². The van der Waals surface area contributed by atoms with Gasteiger partial charge in [0.1, 0.15) is 5.75 Å². The standard InChI is InChI=1S/C17H25BrN2O/c1-13-10-19-17(7-3-4-8-17)12-20(13)11-14-5-6-16(21-2)15(18)9-14/h5-6,9,13,19H,3-4,7-8,10-12H2,1-2H3. The maximum Gasteiger partial charge on any atom is 0.133 e. The first kappa shape index (κ1) is 15.3. The van der Waals surface area contributed by atoms with Crippen LogP contribution in [0.25, 0.3) is 0 Å². The van der Waals surface area contributed by atoms with Gasteiger partial charge in [-0.1, -0.05) is 18.9 Å². The maximum absolute atomic E-state index is 5.32. The van der Waals surface area contributed by atoms with Crippen LogP contribution in [0.1, 0.15) is 38.2 Å². The average molecular weight is 353 g/mol. The number of benzene rings is 1. The zero-order valence-electron chi connectivity index (χ0n) is 13.0. The molecule has 1 spiro atoms. The molecule has 1 aromatic rings. The first-order valence-corrected chi connectivity index (χ1v) is 8.73. The van der Waals surface area contributed by atoms with Crippen LogP contribution in [0.15, 0.2) is 22.7 Å². The van der Waals surface area contributed by atoms with Gasteiger partial charge in [0.25, 0.3) is 0 Å². The van der Waals surface area contributed by atoms with Crippen molar-refractivity contribution in [2.45, 2.75) is 50.7 Å². The third-order valence-corrected chi connectivity index (χ3v) is 5.68. The first-order chi connectivity index (χ1) is 10.1. The molecule has 1 aromatic carbocycles. The third-order valence-electron chi connectivity index (χ3n) is 5.06. The van der Waals surface area contributed by atoms with Crippen LogP contribution in [-0.2, 0) is 6.54 Å². The van der Waals surface area contributed by atoms with Gasteiger partial charge in [0, 0.05) is 31.2 Å². The molecule has 1 aliphatic carbocycles. The SMILES string of the molecule is COc1ccc(CN2CC3(CCCC3)NCC2C)cc1Br. The largest absolute Gasteiger partial charge is 0.496 e. The second-order valence-electron chi connectivity index (χ2n) is 6.59. The van der Waals surface area contributed by atoms with E-state index in [0.29, 0.717) is 11.6 Å². The van der Waals surface area contributed by atoms with Crippen LogP contribution in [-0.4, -0.2) is 36.7 Å². The summed E-state index contributed by atoms with van der Waals surface area (Å²) >= 11 is 3.59. The van der Waals surface area contributed by atoms with E-state index in [-0.39, 0.29) is 0 Å². The minimum Gasteiger partial charge on any atom is -0.496 e. The van der Waals surface area contributed by atoms with E-state index in [9.17, 15) is 0 Å². The van der Waals surface area contributed by atoms with Gasteiger partial charge in [0.2, 0.25) is 0 Å². The van der Waals surface area contributed by atoms with Gasteiger partial charge >= 0.3 is 0 Å². The molecular weight excluding hydrogens is 328 g/mol. The Morgan fingerprint density at radius 3 is 2.81 bits per heavy atom. The molecule has 0 amide bonds. The van der Waals surface area contributed by atoms with Crippen molar-refractivity contribution < 1.29 is 4.74 Å². The summed E-state index contributed by atoms with van der Waals surface area (Å²) in [7, 11) is 1.71. The molecule has 1 unspecified atom stereocenters. The molecule has 2 aliphatic rings. The van der Waals surface area contributed by atoms with Crippen molar-refractivity contribution in [1.82, 2.24) is 10.2 Å². The molecule has 0 bridgehead atoms. The number of ether oxygens (including phenoxy) is 1. The van der Waals surface area contributed by atoms with Gasteiger partial charge in [-0.2, -0.15) is 0 Å². The van der Waals surface area contributed by atoms with Crippen molar-refractivity contribution in [3.63, 3.8) is 0 Å². The van der Waals surface area contributed by atoms with E-state index in [0.717, 1.165) is 23.3 Å². The molecule has 4 heteroatoms. The van der Waals surface area contributed by atoms with Gasteiger partial charge in [0.15, 0.2) is 0 Å². The number of rotatable bonds is 3. The topological polar surface area (TPSA) is 24.5 Å². The van der Waals surface area contributed by atoms with Crippen LogP contribution in [0.3, 0.4) is 0 Å². The molecule has 0 radical (unpaired) electrons. The summed E-state index contributed by atoms with van der Waals surface area (Å²) in [4.78, 5) is 2.63. The van der Waals surface area contributed by atoms with Gasteiger partial charge in [0.05, 0.1) is 11.6 Å². The summed E-state index contributed by atoms with van der Waals surface area (Å²) in [6, 6.07) is 7.02. The predicted molar refractivity (Wildman–Crippen MR) is 89.8 cm³/mol. The van der Waals surface area contributed by atoms with Gasteiger partial charge in [-0.25, -0.2) is 0 Å². The van der Waals surface area contributed by atoms with Crippen molar-refractivity contribution in [3.8, 4) is 5.75 Å². The Labute approximate surface area is 136 Å². The summed E-state index contributed by atoms with van der Waals surface area (Å²) in [6.45, 7) is 5.63. The van der Waals surface area contributed by atoms with Crippen LogP contribution in [0, 0.1) is 0 Å². The molecule has 1 atom stereocenters. The van der Waals surface area contributed by atoms with Crippen LogP contribution in [0.4, 0.5) is 0 Å². The number of methoxy groups -OCH3 is 1. The molecular formula is C17H25BrN2O. The number of nitrogens with zero attached hydrogens (tertiary/aromatic N) is 1.